The van der Waals surface area contributed by atoms with Crippen LogP contribution in [0.2, 0.25) is 0 Å². The van der Waals surface area contributed by atoms with Gasteiger partial charge in [-0.1, -0.05) is 30.3 Å². The van der Waals surface area contributed by atoms with Crippen LogP contribution in [0.1, 0.15) is 18.4 Å². The summed E-state index contributed by atoms with van der Waals surface area (Å²) in [7, 11) is 0. The van der Waals surface area contributed by atoms with Crippen LogP contribution in [0.4, 0.5) is 5.69 Å². The van der Waals surface area contributed by atoms with Crippen molar-refractivity contribution in [3.63, 3.8) is 0 Å². The number of ether oxygens (including phenoxy) is 1. The predicted octanol–water partition coefficient (Wildman–Crippen LogP) is 3.04. The lowest BCUT2D eigenvalue weighted by atomic mass is 10.1. The Labute approximate surface area is 119 Å². The van der Waals surface area contributed by atoms with Crippen LogP contribution in [-0.2, 0) is 11.3 Å². The lowest BCUT2D eigenvalue weighted by Crippen LogP contribution is -2.22. The van der Waals surface area contributed by atoms with Crippen molar-refractivity contribution in [1.82, 2.24) is 9.78 Å². The average molecular weight is 269 g/mol. The van der Waals surface area contributed by atoms with Crippen LogP contribution < -0.4 is 5.32 Å². The number of nitrogens with zero attached hydrogens (tertiary/aromatic N) is 2. The second kappa shape index (κ2) is 6.28. The van der Waals surface area contributed by atoms with Crippen LogP contribution in [0.3, 0.4) is 0 Å². The predicted molar refractivity (Wildman–Crippen MR) is 79.5 cm³/mol. The summed E-state index contributed by atoms with van der Waals surface area (Å²) in [6.45, 7) is 1.62. The Bertz CT molecular complexity index is 562. The molecule has 1 aromatic carbocycles. The zero-order chi connectivity index (χ0) is 13.6. The van der Waals surface area contributed by atoms with Crippen LogP contribution in [0.25, 0.3) is 0 Å². The molecule has 0 radical (unpaired) electrons. The number of allylic oxidation sites excluding steroid dienone is 1. The van der Waals surface area contributed by atoms with Gasteiger partial charge in [-0.2, -0.15) is 5.10 Å². The van der Waals surface area contributed by atoms with Crippen LogP contribution in [0.5, 0.6) is 0 Å². The number of anilines is 1. The number of benzene rings is 1. The molecular formula is C16H19N3O. The minimum absolute atomic E-state index is 0.262. The molecule has 0 fully saturated rings. The van der Waals surface area contributed by atoms with E-state index in [0.29, 0.717) is 0 Å². The highest BCUT2D eigenvalue weighted by Crippen LogP contribution is 2.12. The molecule has 1 aromatic heterocycles. The molecule has 1 N–H and O–H groups in total. The third-order valence-corrected chi connectivity index (χ3v) is 3.38. The van der Waals surface area contributed by atoms with Gasteiger partial charge in [0.2, 0.25) is 0 Å². The Morgan fingerprint density at radius 3 is 3.00 bits per heavy atom. The Morgan fingerprint density at radius 1 is 1.30 bits per heavy atom. The van der Waals surface area contributed by atoms with Gasteiger partial charge in [0.25, 0.3) is 0 Å². The first-order valence-electron chi connectivity index (χ1n) is 7.01. The first-order valence-corrected chi connectivity index (χ1v) is 7.01. The zero-order valence-electron chi connectivity index (χ0n) is 11.4. The molecule has 0 spiro atoms. The molecule has 1 atom stereocenters. The van der Waals surface area contributed by atoms with Gasteiger partial charge in [0.15, 0.2) is 0 Å². The standard InChI is InChI=1S/C16H19N3O/c1-2-6-14(7-3-1)12-19-13-15(10-18-19)17-11-16-8-4-5-9-20-16/h1-3,5-7,9-10,13,16-17H,4,8,11-12H2. The smallest absolute Gasteiger partial charge is 0.115 e. The fraction of sp³-hybridized carbons (Fsp3) is 0.312. The van der Waals surface area contributed by atoms with E-state index in [1.54, 1.807) is 6.26 Å². The highest BCUT2D eigenvalue weighted by Gasteiger charge is 2.10. The highest BCUT2D eigenvalue weighted by molar-refractivity contribution is 5.38. The van der Waals surface area contributed by atoms with Crippen LogP contribution in [0, 0.1) is 0 Å². The van der Waals surface area contributed by atoms with Crippen LogP contribution in [-0.4, -0.2) is 22.4 Å². The zero-order valence-corrected chi connectivity index (χ0v) is 11.4. The number of hydrogen-bond acceptors (Lipinski definition) is 3. The average Bonchev–Trinajstić information content (AvgIpc) is 2.95. The largest absolute Gasteiger partial charge is 0.497 e. The molecular weight excluding hydrogens is 250 g/mol. The lowest BCUT2D eigenvalue weighted by Gasteiger charge is -2.19. The van der Waals surface area contributed by atoms with Crippen LogP contribution >= 0.6 is 0 Å². The van der Waals surface area contributed by atoms with E-state index in [2.05, 4.69) is 28.6 Å². The summed E-state index contributed by atoms with van der Waals surface area (Å²) in [5.41, 5.74) is 2.29. The van der Waals surface area contributed by atoms with E-state index in [-0.39, 0.29) is 6.10 Å². The maximum Gasteiger partial charge on any atom is 0.115 e. The molecule has 2 aromatic rings. The number of nitrogens with one attached hydrogen (secondary N) is 1. The van der Waals surface area contributed by atoms with Gasteiger partial charge in [0.05, 0.1) is 31.2 Å². The topological polar surface area (TPSA) is 39.1 Å². The monoisotopic (exact) mass is 269 g/mol. The van der Waals surface area contributed by atoms with Gasteiger partial charge in [-0.15, -0.1) is 0 Å². The fourth-order valence-electron chi connectivity index (χ4n) is 2.28. The Kier molecular flexibility index (Phi) is 4.01. The summed E-state index contributed by atoms with van der Waals surface area (Å²) in [5.74, 6) is 0. The minimum Gasteiger partial charge on any atom is -0.497 e. The quantitative estimate of drug-likeness (QED) is 0.906. The van der Waals surface area contributed by atoms with E-state index < -0.39 is 0 Å². The SMILES string of the molecule is C1=COC(CNc2cnn(Cc3ccccc3)c2)CC1. The molecule has 1 aliphatic rings. The lowest BCUT2D eigenvalue weighted by molar-refractivity contribution is 0.135. The van der Waals surface area contributed by atoms with Gasteiger partial charge < -0.3 is 10.1 Å². The Balaban J connectivity index is 1.53. The minimum atomic E-state index is 0.262. The summed E-state index contributed by atoms with van der Waals surface area (Å²) in [6, 6.07) is 10.3. The molecule has 1 aliphatic heterocycles. The molecule has 2 heterocycles. The van der Waals surface area contributed by atoms with Crippen molar-refractivity contribution in [2.45, 2.75) is 25.5 Å². The maximum atomic E-state index is 5.53. The van der Waals surface area contributed by atoms with Crippen molar-refractivity contribution in [1.29, 1.82) is 0 Å². The third-order valence-electron chi connectivity index (χ3n) is 3.38. The van der Waals surface area contributed by atoms with Gasteiger partial charge in [-0.25, -0.2) is 0 Å². The fourth-order valence-corrected chi connectivity index (χ4v) is 2.28. The van der Waals surface area contributed by atoms with Crippen LogP contribution in [0.15, 0.2) is 55.1 Å². The molecule has 0 aliphatic carbocycles. The van der Waals surface area contributed by atoms with Gasteiger partial charge in [-0.3, -0.25) is 4.68 Å². The van der Waals surface area contributed by atoms with Gasteiger partial charge in [-0.05, 0) is 24.5 Å². The molecule has 4 nitrogen and oxygen atoms in total. The molecule has 20 heavy (non-hydrogen) atoms. The highest BCUT2D eigenvalue weighted by atomic mass is 16.5. The van der Waals surface area contributed by atoms with Crippen molar-refractivity contribution >= 4 is 5.69 Å². The second-order valence-electron chi connectivity index (χ2n) is 5.00. The molecule has 1 unspecified atom stereocenters. The molecule has 0 saturated carbocycles. The van der Waals surface area contributed by atoms with Crippen molar-refractivity contribution in [2.24, 2.45) is 0 Å². The van der Waals surface area contributed by atoms with Gasteiger partial charge in [0, 0.05) is 6.20 Å². The first-order chi connectivity index (χ1) is 9.90. The molecule has 3 rings (SSSR count). The van der Waals surface area contributed by atoms with E-state index >= 15 is 0 Å². The molecule has 0 amide bonds. The van der Waals surface area contributed by atoms with E-state index in [1.807, 2.05) is 35.3 Å². The van der Waals surface area contributed by atoms with E-state index in [9.17, 15) is 0 Å². The number of rotatable bonds is 5. The molecule has 0 bridgehead atoms. The van der Waals surface area contributed by atoms with Crippen molar-refractivity contribution < 1.29 is 4.74 Å². The summed E-state index contributed by atoms with van der Waals surface area (Å²) in [4.78, 5) is 0. The summed E-state index contributed by atoms with van der Waals surface area (Å²) in [6.07, 6.45) is 10.2. The molecule has 4 heteroatoms. The van der Waals surface area contributed by atoms with Crippen molar-refractivity contribution in [3.8, 4) is 0 Å². The summed E-state index contributed by atoms with van der Waals surface area (Å²) in [5, 5.41) is 7.75. The number of aromatic nitrogens is 2. The van der Waals surface area contributed by atoms with Gasteiger partial charge in [0.1, 0.15) is 6.10 Å². The first kappa shape index (κ1) is 12.8. The van der Waals surface area contributed by atoms with E-state index in [1.165, 1.54) is 5.56 Å². The van der Waals surface area contributed by atoms with Crippen molar-refractivity contribution in [2.75, 3.05) is 11.9 Å². The summed E-state index contributed by atoms with van der Waals surface area (Å²) < 4.78 is 7.48. The van der Waals surface area contributed by atoms with Gasteiger partial charge >= 0.3 is 0 Å². The normalized spacial score (nSPS) is 17.7. The number of hydrogen-bond donors (Lipinski definition) is 1. The molecule has 0 saturated heterocycles. The summed E-state index contributed by atoms with van der Waals surface area (Å²) >= 11 is 0. The second-order valence-corrected chi connectivity index (χ2v) is 5.00. The Hall–Kier alpha value is -2.23. The Morgan fingerprint density at radius 2 is 2.20 bits per heavy atom. The molecule has 104 valence electrons. The van der Waals surface area contributed by atoms with E-state index in [0.717, 1.165) is 31.6 Å². The third kappa shape index (κ3) is 3.41. The maximum absolute atomic E-state index is 5.53. The van der Waals surface area contributed by atoms with E-state index in [4.69, 9.17) is 4.74 Å². The van der Waals surface area contributed by atoms with Crippen molar-refractivity contribution in [3.05, 3.63) is 60.6 Å².